The van der Waals surface area contributed by atoms with Gasteiger partial charge in [0, 0.05) is 12.1 Å². The molecule has 0 aromatic heterocycles. The molecule has 0 amide bonds. The smallest absolute Gasteiger partial charge is 0.161 e. The standard InChI is InChI=1S/C39H62N2O4/c1-26(2)14-16-28(38-32-24-36(44-7)34(42-5)22-30(32)18-20-40-38)12-10-9-11-13-29(17-15-27(3)4)39-33-25-37(45-8)35(43-6)23-31(33)19-21-41-39/h22-29,38-41H,9-21H2,1-8H3/t28-,29+,38-,39-/m1/s1. The highest BCUT2D eigenvalue weighted by Crippen LogP contribution is 2.42. The number of ether oxygens (including phenoxy) is 4. The lowest BCUT2D eigenvalue weighted by atomic mass is 9.79. The quantitative estimate of drug-likeness (QED) is 0.162. The van der Waals surface area contributed by atoms with E-state index in [1.807, 2.05) is 0 Å². The van der Waals surface area contributed by atoms with Gasteiger partial charge in [0.1, 0.15) is 0 Å². The fourth-order valence-corrected chi connectivity index (χ4v) is 7.71. The van der Waals surface area contributed by atoms with Crippen molar-refractivity contribution in [2.45, 2.75) is 110 Å². The second-order valence-electron chi connectivity index (χ2n) is 14.3. The van der Waals surface area contributed by atoms with Crippen LogP contribution in [0.3, 0.4) is 0 Å². The number of hydrogen-bond donors (Lipinski definition) is 2. The Labute approximate surface area is 274 Å². The first kappa shape index (κ1) is 35.4. The molecule has 0 aliphatic carbocycles. The summed E-state index contributed by atoms with van der Waals surface area (Å²) in [5.74, 6) is 6.04. The van der Waals surface area contributed by atoms with Crippen LogP contribution in [0.5, 0.6) is 23.0 Å². The molecular weight excluding hydrogens is 560 g/mol. The van der Waals surface area contributed by atoms with Crippen molar-refractivity contribution in [3.63, 3.8) is 0 Å². The molecule has 0 saturated carbocycles. The first-order valence-electron chi connectivity index (χ1n) is 17.8. The van der Waals surface area contributed by atoms with E-state index in [-0.39, 0.29) is 0 Å². The Kier molecular flexibility index (Phi) is 13.7. The van der Waals surface area contributed by atoms with Gasteiger partial charge in [0.15, 0.2) is 23.0 Å². The van der Waals surface area contributed by atoms with Crippen molar-refractivity contribution in [3.8, 4) is 23.0 Å². The number of nitrogens with one attached hydrogen (secondary N) is 2. The van der Waals surface area contributed by atoms with Crippen molar-refractivity contribution in [1.29, 1.82) is 0 Å². The van der Waals surface area contributed by atoms with Gasteiger partial charge in [-0.2, -0.15) is 0 Å². The van der Waals surface area contributed by atoms with Gasteiger partial charge in [0.2, 0.25) is 0 Å². The van der Waals surface area contributed by atoms with Crippen LogP contribution < -0.4 is 29.6 Å². The summed E-state index contributed by atoms with van der Waals surface area (Å²) in [5, 5.41) is 7.84. The molecule has 6 nitrogen and oxygen atoms in total. The Morgan fingerprint density at radius 2 is 0.911 bits per heavy atom. The number of hydrogen-bond acceptors (Lipinski definition) is 6. The summed E-state index contributed by atoms with van der Waals surface area (Å²) >= 11 is 0. The predicted molar refractivity (Wildman–Crippen MR) is 186 cm³/mol. The molecule has 2 aromatic carbocycles. The zero-order valence-corrected chi connectivity index (χ0v) is 29.6. The van der Waals surface area contributed by atoms with Crippen LogP contribution in [-0.2, 0) is 12.8 Å². The Bertz CT molecular complexity index is 1100. The lowest BCUT2D eigenvalue weighted by Crippen LogP contribution is -2.35. The van der Waals surface area contributed by atoms with Crippen molar-refractivity contribution in [2.24, 2.45) is 23.7 Å². The van der Waals surface area contributed by atoms with Crippen molar-refractivity contribution in [3.05, 3.63) is 46.5 Å². The van der Waals surface area contributed by atoms with Crippen LogP contribution in [0.4, 0.5) is 0 Å². The third-order valence-electron chi connectivity index (χ3n) is 10.3. The van der Waals surface area contributed by atoms with E-state index in [9.17, 15) is 0 Å². The minimum absolute atomic E-state index is 0.376. The van der Waals surface area contributed by atoms with Gasteiger partial charge in [-0.25, -0.2) is 0 Å². The summed E-state index contributed by atoms with van der Waals surface area (Å²) < 4.78 is 22.7. The number of methoxy groups -OCH3 is 4. The van der Waals surface area contributed by atoms with Crippen LogP contribution in [0.2, 0.25) is 0 Å². The molecule has 2 heterocycles. The van der Waals surface area contributed by atoms with E-state index >= 15 is 0 Å². The highest BCUT2D eigenvalue weighted by molar-refractivity contribution is 5.50. The van der Waals surface area contributed by atoms with Crippen LogP contribution in [-0.4, -0.2) is 41.5 Å². The van der Waals surface area contributed by atoms with E-state index in [1.165, 1.54) is 80.0 Å². The lowest BCUT2D eigenvalue weighted by molar-refractivity contribution is 0.269. The summed E-state index contributed by atoms with van der Waals surface area (Å²) in [6.45, 7) is 11.5. The minimum Gasteiger partial charge on any atom is -0.493 e. The monoisotopic (exact) mass is 622 g/mol. The third kappa shape index (κ3) is 9.32. The van der Waals surface area contributed by atoms with Gasteiger partial charge in [-0.05, 0) is 122 Å². The molecule has 4 atom stereocenters. The second-order valence-corrected chi connectivity index (χ2v) is 14.3. The van der Waals surface area contributed by atoms with E-state index < -0.39 is 0 Å². The van der Waals surface area contributed by atoms with Crippen LogP contribution >= 0.6 is 0 Å². The third-order valence-corrected chi connectivity index (χ3v) is 10.3. The number of unbranched alkanes of at least 4 members (excludes halogenated alkanes) is 2. The molecule has 6 heteroatoms. The molecule has 2 aliphatic heterocycles. The fourth-order valence-electron chi connectivity index (χ4n) is 7.71. The van der Waals surface area contributed by atoms with Crippen LogP contribution in [0.15, 0.2) is 24.3 Å². The van der Waals surface area contributed by atoms with E-state index in [0.717, 1.165) is 48.9 Å². The average molecular weight is 623 g/mol. The van der Waals surface area contributed by atoms with Crippen molar-refractivity contribution in [1.82, 2.24) is 10.6 Å². The average Bonchev–Trinajstić information content (AvgIpc) is 3.05. The summed E-state index contributed by atoms with van der Waals surface area (Å²) in [7, 11) is 6.96. The maximum Gasteiger partial charge on any atom is 0.161 e. The predicted octanol–water partition coefficient (Wildman–Crippen LogP) is 8.85. The number of rotatable bonds is 18. The van der Waals surface area contributed by atoms with Gasteiger partial charge < -0.3 is 29.6 Å². The van der Waals surface area contributed by atoms with E-state index in [2.05, 4.69) is 62.6 Å². The summed E-state index contributed by atoms with van der Waals surface area (Å²) in [6, 6.07) is 9.66. The normalized spacial score (nSPS) is 19.2. The van der Waals surface area contributed by atoms with Crippen molar-refractivity contribution < 1.29 is 18.9 Å². The Morgan fingerprint density at radius 3 is 1.27 bits per heavy atom. The van der Waals surface area contributed by atoms with Crippen LogP contribution in [0.1, 0.15) is 120 Å². The van der Waals surface area contributed by atoms with E-state index in [1.54, 1.807) is 28.4 Å². The summed E-state index contributed by atoms with van der Waals surface area (Å²) in [4.78, 5) is 0. The highest BCUT2D eigenvalue weighted by Gasteiger charge is 2.31. The van der Waals surface area contributed by atoms with Gasteiger partial charge in [0.25, 0.3) is 0 Å². The molecular formula is C39H62N2O4. The molecule has 2 N–H and O–H groups in total. The van der Waals surface area contributed by atoms with Gasteiger partial charge >= 0.3 is 0 Å². The summed E-state index contributed by atoms with van der Waals surface area (Å²) in [6.07, 6.45) is 13.5. The molecule has 2 aromatic rings. The lowest BCUT2D eigenvalue weighted by Gasteiger charge is -2.35. The molecule has 2 aliphatic rings. The van der Waals surface area contributed by atoms with Crippen LogP contribution in [0.25, 0.3) is 0 Å². The first-order valence-corrected chi connectivity index (χ1v) is 17.8. The molecule has 0 fully saturated rings. The first-order chi connectivity index (χ1) is 21.8. The molecule has 0 saturated heterocycles. The largest absolute Gasteiger partial charge is 0.493 e. The molecule has 252 valence electrons. The molecule has 0 bridgehead atoms. The molecule has 45 heavy (non-hydrogen) atoms. The maximum atomic E-state index is 5.72. The number of benzene rings is 2. The Morgan fingerprint density at radius 1 is 0.533 bits per heavy atom. The second kappa shape index (κ2) is 17.5. The van der Waals surface area contributed by atoms with Gasteiger partial charge in [-0.15, -0.1) is 0 Å². The van der Waals surface area contributed by atoms with E-state index in [4.69, 9.17) is 18.9 Å². The highest BCUT2D eigenvalue weighted by atomic mass is 16.5. The van der Waals surface area contributed by atoms with Crippen LogP contribution in [0, 0.1) is 23.7 Å². The zero-order chi connectivity index (χ0) is 32.3. The Balaban J connectivity index is 1.43. The van der Waals surface area contributed by atoms with Crippen molar-refractivity contribution >= 4 is 0 Å². The van der Waals surface area contributed by atoms with Gasteiger partial charge in [-0.3, -0.25) is 0 Å². The number of fused-ring (bicyclic) bond motifs is 2. The fraction of sp³-hybridized carbons (Fsp3) is 0.692. The maximum absolute atomic E-state index is 5.72. The van der Waals surface area contributed by atoms with Gasteiger partial charge in [-0.1, -0.05) is 59.8 Å². The van der Waals surface area contributed by atoms with Crippen molar-refractivity contribution in [2.75, 3.05) is 41.5 Å². The summed E-state index contributed by atoms with van der Waals surface area (Å²) in [5.41, 5.74) is 5.65. The zero-order valence-electron chi connectivity index (χ0n) is 29.6. The molecule has 0 radical (unpaired) electrons. The topological polar surface area (TPSA) is 61.0 Å². The SMILES string of the molecule is COc1cc2c(cc1OC)[C@@H]([C@H](CCCCC[C@@H](CCC(C)C)[C@H]1NCCc3cc(OC)c(OC)cc31)CCC(C)C)NCC2. The minimum atomic E-state index is 0.376. The molecule has 0 spiro atoms. The van der Waals surface area contributed by atoms with Gasteiger partial charge in [0.05, 0.1) is 28.4 Å². The molecule has 0 unspecified atom stereocenters. The van der Waals surface area contributed by atoms with E-state index in [0.29, 0.717) is 35.8 Å². The molecule has 4 rings (SSSR count). The Hall–Kier alpha value is -2.44.